The third-order valence-corrected chi connectivity index (χ3v) is 2.95. The maximum absolute atomic E-state index is 5.12. The van der Waals surface area contributed by atoms with Crippen LogP contribution in [0.15, 0.2) is 30.6 Å². The van der Waals surface area contributed by atoms with Crippen LogP contribution in [0.1, 0.15) is 31.3 Å². The minimum Gasteiger partial charge on any atom is -0.377 e. The van der Waals surface area contributed by atoms with E-state index in [1.54, 1.807) is 13.3 Å². The van der Waals surface area contributed by atoms with Gasteiger partial charge in [-0.05, 0) is 25.5 Å². The molecule has 2 aromatic rings. The van der Waals surface area contributed by atoms with Crippen molar-refractivity contribution in [2.75, 3.05) is 24.3 Å². The Morgan fingerprint density at radius 3 is 2.76 bits per heavy atom. The second-order valence-electron chi connectivity index (χ2n) is 4.67. The fourth-order valence-electron chi connectivity index (χ4n) is 1.97. The fourth-order valence-corrected chi connectivity index (χ4v) is 1.97. The highest BCUT2D eigenvalue weighted by atomic mass is 16.5. The molecule has 6 nitrogen and oxygen atoms in total. The first-order valence-corrected chi connectivity index (χ1v) is 7.00. The molecule has 2 heterocycles. The van der Waals surface area contributed by atoms with Gasteiger partial charge in [-0.2, -0.15) is 0 Å². The van der Waals surface area contributed by atoms with Crippen molar-refractivity contribution in [3.05, 3.63) is 42.0 Å². The predicted octanol–water partition coefficient (Wildman–Crippen LogP) is 2.62. The maximum Gasteiger partial charge on any atom is 0.158 e. The Morgan fingerprint density at radius 1 is 1.29 bits per heavy atom. The molecular formula is C15H21N5O. The molecule has 0 saturated carbocycles. The van der Waals surface area contributed by atoms with E-state index in [1.807, 2.05) is 31.3 Å². The van der Waals surface area contributed by atoms with Crippen molar-refractivity contribution in [2.45, 2.75) is 26.5 Å². The van der Waals surface area contributed by atoms with Crippen molar-refractivity contribution < 1.29 is 4.74 Å². The van der Waals surface area contributed by atoms with E-state index in [0.717, 1.165) is 23.7 Å². The number of hydrogen-bond acceptors (Lipinski definition) is 6. The molecule has 0 fully saturated rings. The van der Waals surface area contributed by atoms with Crippen molar-refractivity contribution in [2.24, 2.45) is 0 Å². The van der Waals surface area contributed by atoms with Crippen LogP contribution in [0.25, 0.3) is 0 Å². The van der Waals surface area contributed by atoms with Crippen LogP contribution in [0.4, 0.5) is 11.6 Å². The van der Waals surface area contributed by atoms with E-state index in [2.05, 4.69) is 32.5 Å². The molecule has 0 radical (unpaired) electrons. The van der Waals surface area contributed by atoms with Crippen molar-refractivity contribution in [1.82, 2.24) is 15.0 Å². The summed E-state index contributed by atoms with van der Waals surface area (Å²) in [5, 5.41) is 6.57. The summed E-state index contributed by atoms with van der Waals surface area (Å²) in [5.74, 6) is 2.21. The standard InChI is InChI=1S/C15H21N5O/c1-4-17-13-8-14(20-15(19-13)10-21-3)18-11(2)12-6-5-7-16-9-12/h5-9,11H,4,10H2,1-3H3,(H2,17,18,19,20). The Labute approximate surface area is 125 Å². The minimum atomic E-state index is 0.110. The van der Waals surface area contributed by atoms with Crippen LogP contribution in [0, 0.1) is 0 Å². The zero-order chi connectivity index (χ0) is 15.1. The quantitative estimate of drug-likeness (QED) is 0.815. The smallest absolute Gasteiger partial charge is 0.158 e. The molecule has 0 bridgehead atoms. The zero-order valence-corrected chi connectivity index (χ0v) is 12.6. The van der Waals surface area contributed by atoms with Crippen molar-refractivity contribution in [3.63, 3.8) is 0 Å². The van der Waals surface area contributed by atoms with E-state index >= 15 is 0 Å². The molecule has 0 aliphatic heterocycles. The third kappa shape index (κ3) is 4.39. The van der Waals surface area contributed by atoms with E-state index in [4.69, 9.17) is 4.74 Å². The summed E-state index contributed by atoms with van der Waals surface area (Å²) in [6.45, 7) is 5.29. The SMILES string of the molecule is CCNc1cc(NC(C)c2cccnc2)nc(COC)n1. The molecule has 0 aliphatic rings. The number of aromatic nitrogens is 3. The van der Waals surface area contributed by atoms with Gasteiger partial charge in [-0.1, -0.05) is 6.07 Å². The number of anilines is 2. The molecule has 0 aromatic carbocycles. The van der Waals surface area contributed by atoms with Gasteiger partial charge in [0, 0.05) is 32.1 Å². The average Bonchev–Trinajstić information content (AvgIpc) is 2.48. The first-order valence-electron chi connectivity index (χ1n) is 7.00. The van der Waals surface area contributed by atoms with E-state index in [1.165, 1.54) is 0 Å². The van der Waals surface area contributed by atoms with Crippen LogP contribution in [0.3, 0.4) is 0 Å². The summed E-state index contributed by atoms with van der Waals surface area (Å²) in [6.07, 6.45) is 3.61. The van der Waals surface area contributed by atoms with E-state index in [0.29, 0.717) is 12.4 Å². The van der Waals surface area contributed by atoms with Crippen LogP contribution in [-0.4, -0.2) is 28.6 Å². The second kappa shape index (κ2) is 7.54. The second-order valence-corrected chi connectivity index (χ2v) is 4.67. The molecule has 21 heavy (non-hydrogen) atoms. The van der Waals surface area contributed by atoms with Crippen LogP contribution in [-0.2, 0) is 11.3 Å². The first kappa shape index (κ1) is 15.2. The molecule has 2 N–H and O–H groups in total. The normalized spacial score (nSPS) is 12.0. The van der Waals surface area contributed by atoms with E-state index in [-0.39, 0.29) is 6.04 Å². The number of ether oxygens (including phenoxy) is 1. The highest BCUT2D eigenvalue weighted by Crippen LogP contribution is 2.19. The maximum atomic E-state index is 5.12. The summed E-state index contributed by atoms with van der Waals surface area (Å²) in [4.78, 5) is 13.0. The molecular weight excluding hydrogens is 266 g/mol. The lowest BCUT2D eigenvalue weighted by atomic mass is 10.1. The third-order valence-electron chi connectivity index (χ3n) is 2.95. The molecule has 1 atom stereocenters. The molecule has 112 valence electrons. The number of methoxy groups -OCH3 is 1. The highest BCUT2D eigenvalue weighted by Gasteiger charge is 2.09. The van der Waals surface area contributed by atoms with Gasteiger partial charge in [-0.15, -0.1) is 0 Å². The lowest BCUT2D eigenvalue weighted by molar-refractivity contribution is 0.178. The number of nitrogens with one attached hydrogen (secondary N) is 2. The Kier molecular flexibility index (Phi) is 5.45. The topological polar surface area (TPSA) is 72.0 Å². The Hall–Kier alpha value is -2.21. The Bertz CT molecular complexity index is 537. The number of pyridine rings is 1. The van der Waals surface area contributed by atoms with Gasteiger partial charge in [0.25, 0.3) is 0 Å². The summed E-state index contributed by atoms with van der Waals surface area (Å²) < 4.78 is 5.12. The molecule has 0 spiro atoms. The van der Waals surface area contributed by atoms with Gasteiger partial charge in [-0.3, -0.25) is 4.98 Å². The van der Waals surface area contributed by atoms with Gasteiger partial charge in [0.15, 0.2) is 5.82 Å². The average molecular weight is 287 g/mol. The largest absolute Gasteiger partial charge is 0.377 e. The minimum absolute atomic E-state index is 0.110. The Balaban J connectivity index is 2.18. The summed E-state index contributed by atoms with van der Waals surface area (Å²) in [6, 6.07) is 5.97. The van der Waals surface area contributed by atoms with Gasteiger partial charge >= 0.3 is 0 Å². The fraction of sp³-hybridized carbons (Fsp3) is 0.400. The summed E-state index contributed by atoms with van der Waals surface area (Å²) >= 11 is 0. The molecule has 2 aromatic heterocycles. The number of hydrogen-bond donors (Lipinski definition) is 2. The summed E-state index contributed by atoms with van der Waals surface area (Å²) in [7, 11) is 1.63. The summed E-state index contributed by atoms with van der Waals surface area (Å²) in [5.41, 5.74) is 1.11. The van der Waals surface area contributed by atoms with Crippen LogP contribution in [0.5, 0.6) is 0 Å². The Morgan fingerprint density at radius 2 is 2.10 bits per heavy atom. The zero-order valence-electron chi connectivity index (χ0n) is 12.6. The van der Waals surface area contributed by atoms with Gasteiger partial charge in [0.1, 0.15) is 18.2 Å². The monoisotopic (exact) mass is 287 g/mol. The number of nitrogens with zero attached hydrogens (tertiary/aromatic N) is 3. The molecule has 6 heteroatoms. The molecule has 0 saturated heterocycles. The van der Waals surface area contributed by atoms with Gasteiger partial charge in [0.2, 0.25) is 0 Å². The predicted molar refractivity (Wildman–Crippen MR) is 83.2 cm³/mol. The van der Waals surface area contributed by atoms with Crippen LogP contribution in [0.2, 0.25) is 0 Å². The van der Waals surface area contributed by atoms with Crippen LogP contribution < -0.4 is 10.6 Å². The van der Waals surface area contributed by atoms with Crippen molar-refractivity contribution >= 4 is 11.6 Å². The van der Waals surface area contributed by atoms with Gasteiger partial charge in [-0.25, -0.2) is 9.97 Å². The molecule has 1 unspecified atom stereocenters. The number of rotatable bonds is 7. The molecule has 0 aliphatic carbocycles. The lowest BCUT2D eigenvalue weighted by Crippen LogP contribution is -2.11. The van der Waals surface area contributed by atoms with Crippen LogP contribution >= 0.6 is 0 Å². The van der Waals surface area contributed by atoms with Crippen molar-refractivity contribution in [1.29, 1.82) is 0 Å². The van der Waals surface area contributed by atoms with Gasteiger partial charge < -0.3 is 15.4 Å². The van der Waals surface area contributed by atoms with Gasteiger partial charge in [0.05, 0.1) is 6.04 Å². The van der Waals surface area contributed by atoms with E-state index in [9.17, 15) is 0 Å². The lowest BCUT2D eigenvalue weighted by Gasteiger charge is -2.16. The molecule has 2 rings (SSSR count). The van der Waals surface area contributed by atoms with E-state index < -0.39 is 0 Å². The highest BCUT2D eigenvalue weighted by molar-refractivity contribution is 5.48. The first-order chi connectivity index (χ1) is 10.2. The molecule has 0 amide bonds. The van der Waals surface area contributed by atoms with Crippen molar-refractivity contribution in [3.8, 4) is 0 Å².